The van der Waals surface area contributed by atoms with Crippen LogP contribution >= 0.6 is 0 Å². The van der Waals surface area contributed by atoms with E-state index >= 15 is 0 Å². The second-order valence-corrected chi connectivity index (χ2v) is 5.87. The molecule has 23 heavy (non-hydrogen) atoms. The fourth-order valence-electron chi connectivity index (χ4n) is 3.35. The van der Waals surface area contributed by atoms with Crippen LogP contribution in [-0.4, -0.2) is 57.4 Å². The molecule has 0 saturated carbocycles. The zero-order valence-corrected chi connectivity index (χ0v) is 13.7. The van der Waals surface area contributed by atoms with Crippen LogP contribution in [0.15, 0.2) is 18.2 Å². The Labute approximate surface area is 136 Å². The standard InChI is InChI=1S/C17H24N2O4/c1-21-14-6-5-12(10-15(14)22-2)13-4-3-8-19(13)17(20)16-11-18-7-9-23-16/h5-6,10,13,16,18H,3-4,7-9,11H2,1-2H3/t13-,16-/m0/s1. The van der Waals surface area contributed by atoms with Gasteiger partial charge in [0.05, 0.1) is 26.9 Å². The number of hydrogen-bond donors (Lipinski definition) is 1. The first-order valence-corrected chi connectivity index (χ1v) is 8.09. The van der Waals surface area contributed by atoms with E-state index in [1.165, 1.54) is 0 Å². The highest BCUT2D eigenvalue weighted by Gasteiger charge is 2.35. The molecule has 0 spiro atoms. The number of methoxy groups -OCH3 is 2. The average Bonchev–Trinajstić information content (AvgIpc) is 3.10. The molecule has 2 aliphatic rings. The number of morpholine rings is 1. The maximum Gasteiger partial charge on any atom is 0.253 e. The number of ether oxygens (including phenoxy) is 3. The summed E-state index contributed by atoms with van der Waals surface area (Å²) < 4.78 is 16.3. The predicted octanol–water partition coefficient (Wildman–Crippen LogP) is 1.36. The molecule has 0 radical (unpaired) electrons. The molecule has 1 N–H and O–H groups in total. The number of hydrogen-bond acceptors (Lipinski definition) is 5. The zero-order chi connectivity index (χ0) is 16.2. The van der Waals surface area contributed by atoms with Gasteiger partial charge in [0.1, 0.15) is 6.10 Å². The second kappa shape index (κ2) is 7.19. The number of amides is 1. The molecule has 3 rings (SSSR count). The lowest BCUT2D eigenvalue weighted by Gasteiger charge is -2.31. The maximum atomic E-state index is 12.8. The van der Waals surface area contributed by atoms with Crippen molar-refractivity contribution < 1.29 is 19.0 Å². The summed E-state index contributed by atoms with van der Waals surface area (Å²) in [7, 11) is 3.25. The molecule has 1 amide bonds. The fraction of sp³-hybridized carbons (Fsp3) is 0.588. The van der Waals surface area contributed by atoms with Crippen LogP contribution in [0.1, 0.15) is 24.4 Å². The van der Waals surface area contributed by atoms with Gasteiger partial charge in [-0.2, -0.15) is 0 Å². The van der Waals surface area contributed by atoms with Gasteiger partial charge < -0.3 is 24.4 Å². The molecule has 126 valence electrons. The van der Waals surface area contributed by atoms with Crippen molar-refractivity contribution in [1.29, 1.82) is 0 Å². The minimum absolute atomic E-state index is 0.0767. The Balaban J connectivity index is 1.79. The molecular weight excluding hydrogens is 296 g/mol. The summed E-state index contributed by atoms with van der Waals surface area (Å²) in [6.07, 6.45) is 1.59. The van der Waals surface area contributed by atoms with Gasteiger partial charge in [-0.15, -0.1) is 0 Å². The number of rotatable bonds is 4. The Hall–Kier alpha value is -1.79. The number of carbonyl (C=O) groups excluding carboxylic acids is 1. The third kappa shape index (κ3) is 3.28. The van der Waals surface area contributed by atoms with E-state index in [9.17, 15) is 4.79 Å². The molecule has 2 atom stereocenters. The smallest absolute Gasteiger partial charge is 0.253 e. The van der Waals surface area contributed by atoms with Crippen molar-refractivity contribution in [3.05, 3.63) is 23.8 Å². The molecule has 6 heteroatoms. The van der Waals surface area contributed by atoms with Crippen LogP contribution in [-0.2, 0) is 9.53 Å². The Morgan fingerprint density at radius 1 is 1.30 bits per heavy atom. The summed E-state index contributed by atoms with van der Waals surface area (Å²) in [6, 6.07) is 5.95. The first-order chi connectivity index (χ1) is 11.2. The van der Waals surface area contributed by atoms with Gasteiger partial charge in [0, 0.05) is 19.6 Å². The van der Waals surface area contributed by atoms with E-state index in [1.54, 1.807) is 14.2 Å². The van der Waals surface area contributed by atoms with Crippen LogP contribution in [0.4, 0.5) is 0 Å². The lowest BCUT2D eigenvalue weighted by Crippen LogP contribution is -2.49. The van der Waals surface area contributed by atoms with Crippen molar-refractivity contribution in [2.45, 2.75) is 25.0 Å². The number of likely N-dealkylation sites (tertiary alicyclic amines) is 1. The van der Waals surface area contributed by atoms with Gasteiger partial charge in [-0.3, -0.25) is 4.79 Å². The molecule has 0 unspecified atom stereocenters. The first-order valence-electron chi connectivity index (χ1n) is 8.09. The third-order valence-electron chi connectivity index (χ3n) is 4.53. The highest BCUT2D eigenvalue weighted by atomic mass is 16.5. The highest BCUT2D eigenvalue weighted by molar-refractivity contribution is 5.82. The van der Waals surface area contributed by atoms with E-state index in [4.69, 9.17) is 14.2 Å². The number of nitrogens with zero attached hydrogens (tertiary/aromatic N) is 1. The van der Waals surface area contributed by atoms with Crippen LogP contribution in [0.2, 0.25) is 0 Å². The van der Waals surface area contributed by atoms with Crippen molar-refractivity contribution in [3.63, 3.8) is 0 Å². The van der Waals surface area contributed by atoms with E-state index in [-0.39, 0.29) is 18.1 Å². The molecule has 1 aromatic carbocycles. The Kier molecular flexibility index (Phi) is 5.03. The molecule has 2 aliphatic heterocycles. The normalized spacial score (nSPS) is 24.5. The van der Waals surface area contributed by atoms with Gasteiger partial charge >= 0.3 is 0 Å². The molecule has 1 aromatic rings. The number of benzene rings is 1. The highest BCUT2D eigenvalue weighted by Crippen LogP contribution is 2.37. The van der Waals surface area contributed by atoms with Crippen LogP contribution in [0, 0.1) is 0 Å². The van der Waals surface area contributed by atoms with Gasteiger partial charge in [-0.1, -0.05) is 6.07 Å². The van der Waals surface area contributed by atoms with E-state index in [0.29, 0.717) is 24.7 Å². The molecule has 2 heterocycles. The summed E-state index contributed by atoms with van der Waals surface area (Å²) >= 11 is 0. The van der Waals surface area contributed by atoms with Gasteiger partial charge in [-0.25, -0.2) is 0 Å². The quantitative estimate of drug-likeness (QED) is 0.907. The fourth-order valence-corrected chi connectivity index (χ4v) is 3.35. The summed E-state index contributed by atoms with van der Waals surface area (Å²) in [5.74, 6) is 1.47. The lowest BCUT2D eigenvalue weighted by atomic mass is 10.0. The van der Waals surface area contributed by atoms with Crippen molar-refractivity contribution in [1.82, 2.24) is 10.2 Å². The van der Waals surface area contributed by atoms with Gasteiger partial charge in [0.2, 0.25) is 0 Å². The molecule has 2 saturated heterocycles. The summed E-state index contributed by atoms with van der Waals surface area (Å²) in [6.45, 7) is 2.76. The van der Waals surface area contributed by atoms with E-state index in [2.05, 4.69) is 5.32 Å². The average molecular weight is 320 g/mol. The topological polar surface area (TPSA) is 60.0 Å². The van der Waals surface area contributed by atoms with E-state index in [1.807, 2.05) is 23.1 Å². The van der Waals surface area contributed by atoms with Crippen LogP contribution in [0.5, 0.6) is 11.5 Å². The van der Waals surface area contributed by atoms with E-state index in [0.717, 1.165) is 31.5 Å². The van der Waals surface area contributed by atoms with Crippen molar-refractivity contribution in [2.75, 3.05) is 40.5 Å². The summed E-state index contributed by atoms with van der Waals surface area (Å²) in [4.78, 5) is 14.7. The first kappa shape index (κ1) is 16.1. The van der Waals surface area contributed by atoms with Crippen molar-refractivity contribution >= 4 is 5.91 Å². The minimum Gasteiger partial charge on any atom is -0.493 e. The van der Waals surface area contributed by atoms with E-state index < -0.39 is 0 Å². The SMILES string of the molecule is COc1ccc([C@@H]2CCCN2C(=O)[C@@H]2CNCCO2)cc1OC. The van der Waals surface area contributed by atoms with Crippen LogP contribution < -0.4 is 14.8 Å². The molecular formula is C17H24N2O4. The summed E-state index contributed by atoms with van der Waals surface area (Å²) in [5, 5.41) is 3.22. The Morgan fingerprint density at radius 3 is 2.83 bits per heavy atom. The monoisotopic (exact) mass is 320 g/mol. The zero-order valence-electron chi connectivity index (χ0n) is 13.7. The lowest BCUT2D eigenvalue weighted by molar-refractivity contribution is -0.146. The number of carbonyl (C=O) groups is 1. The Bertz CT molecular complexity index is 558. The largest absolute Gasteiger partial charge is 0.493 e. The van der Waals surface area contributed by atoms with Gasteiger partial charge in [0.25, 0.3) is 5.91 Å². The molecule has 2 fully saturated rings. The molecule has 6 nitrogen and oxygen atoms in total. The Morgan fingerprint density at radius 2 is 2.13 bits per heavy atom. The third-order valence-corrected chi connectivity index (χ3v) is 4.53. The second-order valence-electron chi connectivity index (χ2n) is 5.87. The van der Waals surface area contributed by atoms with Gasteiger partial charge in [0.15, 0.2) is 11.5 Å². The molecule has 0 aliphatic carbocycles. The van der Waals surface area contributed by atoms with Crippen LogP contribution in [0.3, 0.4) is 0 Å². The maximum absolute atomic E-state index is 12.8. The number of nitrogens with one attached hydrogen (secondary N) is 1. The summed E-state index contributed by atoms with van der Waals surface area (Å²) in [5.41, 5.74) is 1.08. The molecule has 0 bridgehead atoms. The molecule has 0 aromatic heterocycles. The van der Waals surface area contributed by atoms with Gasteiger partial charge in [-0.05, 0) is 30.5 Å². The van der Waals surface area contributed by atoms with Crippen molar-refractivity contribution in [2.24, 2.45) is 0 Å². The van der Waals surface area contributed by atoms with Crippen LogP contribution in [0.25, 0.3) is 0 Å². The minimum atomic E-state index is -0.371. The van der Waals surface area contributed by atoms with Crippen molar-refractivity contribution in [3.8, 4) is 11.5 Å². The predicted molar refractivity (Wildman–Crippen MR) is 85.8 cm³/mol.